The van der Waals surface area contributed by atoms with Gasteiger partial charge in [-0.3, -0.25) is 14.9 Å². The van der Waals surface area contributed by atoms with Crippen LogP contribution in [0.3, 0.4) is 0 Å². The van der Waals surface area contributed by atoms with Gasteiger partial charge < -0.3 is 4.90 Å². The third kappa shape index (κ3) is 2.95. The number of aryl methyl sites for hydroxylation is 1. The van der Waals surface area contributed by atoms with Crippen molar-refractivity contribution in [2.24, 2.45) is 0 Å². The first-order valence-electron chi connectivity index (χ1n) is 7.12. The summed E-state index contributed by atoms with van der Waals surface area (Å²) in [6, 6.07) is 6.38. The average Bonchev–Trinajstić information content (AvgIpc) is 2.53. The van der Waals surface area contributed by atoms with Gasteiger partial charge in [0.05, 0.1) is 21.2 Å². The zero-order valence-corrected chi connectivity index (χ0v) is 13.8. The lowest BCUT2D eigenvalue weighted by molar-refractivity contribution is -0.384. The number of non-ortho nitro benzene ring substituents is 1. The van der Waals surface area contributed by atoms with Crippen LogP contribution in [-0.4, -0.2) is 17.4 Å². The van der Waals surface area contributed by atoms with E-state index in [9.17, 15) is 19.3 Å². The van der Waals surface area contributed by atoms with Gasteiger partial charge in [0.2, 0.25) is 0 Å². The molecular formula is C16H11Cl2FN2O3. The van der Waals surface area contributed by atoms with E-state index in [4.69, 9.17) is 23.2 Å². The number of halogens is 3. The van der Waals surface area contributed by atoms with E-state index >= 15 is 0 Å². The highest BCUT2D eigenvalue weighted by atomic mass is 35.5. The van der Waals surface area contributed by atoms with E-state index in [-0.39, 0.29) is 27.0 Å². The number of hydrogen-bond donors (Lipinski definition) is 0. The molecule has 1 heterocycles. The number of hydrogen-bond acceptors (Lipinski definition) is 3. The maximum Gasteiger partial charge on any atom is 0.270 e. The molecule has 1 aliphatic heterocycles. The highest BCUT2D eigenvalue weighted by Gasteiger charge is 2.28. The minimum absolute atomic E-state index is 0.0457. The summed E-state index contributed by atoms with van der Waals surface area (Å²) in [5.74, 6) is -1.08. The van der Waals surface area contributed by atoms with E-state index in [1.165, 1.54) is 17.0 Å². The van der Waals surface area contributed by atoms with Crippen LogP contribution in [0.25, 0.3) is 0 Å². The Labute approximate surface area is 146 Å². The van der Waals surface area contributed by atoms with Crippen LogP contribution in [0.4, 0.5) is 15.8 Å². The van der Waals surface area contributed by atoms with Crippen LogP contribution in [0, 0.1) is 15.9 Å². The molecule has 0 fully saturated rings. The minimum atomic E-state index is -0.599. The fourth-order valence-electron chi connectivity index (χ4n) is 2.79. The molecule has 0 saturated carbocycles. The predicted octanol–water partition coefficient (Wildman–Crippen LogP) is 4.63. The predicted molar refractivity (Wildman–Crippen MR) is 89.5 cm³/mol. The topological polar surface area (TPSA) is 63.4 Å². The second-order valence-electron chi connectivity index (χ2n) is 5.38. The summed E-state index contributed by atoms with van der Waals surface area (Å²) in [4.78, 5) is 24.2. The first-order valence-corrected chi connectivity index (χ1v) is 7.88. The van der Waals surface area contributed by atoms with Crippen molar-refractivity contribution in [3.8, 4) is 0 Å². The molecule has 124 valence electrons. The Balaban J connectivity index is 2.03. The first-order chi connectivity index (χ1) is 11.4. The monoisotopic (exact) mass is 368 g/mol. The molecule has 0 saturated heterocycles. The van der Waals surface area contributed by atoms with Crippen molar-refractivity contribution in [2.45, 2.75) is 12.8 Å². The third-order valence-corrected chi connectivity index (χ3v) is 4.37. The molecule has 1 aliphatic rings. The molecular weight excluding hydrogens is 358 g/mol. The van der Waals surface area contributed by atoms with Crippen molar-refractivity contribution in [1.82, 2.24) is 0 Å². The molecule has 2 aromatic rings. The number of rotatable bonds is 2. The SMILES string of the molecule is O=C(c1ccc([N+](=O)[O-])cc1Cl)N1CCCc2cc(Cl)cc(F)c21. The van der Waals surface area contributed by atoms with E-state index in [0.29, 0.717) is 24.9 Å². The van der Waals surface area contributed by atoms with E-state index < -0.39 is 16.6 Å². The fraction of sp³-hybridized carbons (Fsp3) is 0.188. The minimum Gasteiger partial charge on any atom is -0.305 e. The summed E-state index contributed by atoms with van der Waals surface area (Å²) in [5.41, 5.74) is 0.709. The Morgan fingerprint density at radius 2 is 2.00 bits per heavy atom. The summed E-state index contributed by atoms with van der Waals surface area (Å²) in [7, 11) is 0. The summed E-state index contributed by atoms with van der Waals surface area (Å²) in [6.45, 7) is 0.331. The number of anilines is 1. The highest BCUT2D eigenvalue weighted by Crippen LogP contribution is 2.35. The van der Waals surface area contributed by atoms with Crippen molar-refractivity contribution < 1.29 is 14.1 Å². The van der Waals surface area contributed by atoms with Gasteiger partial charge in [0.15, 0.2) is 0 Å². The molecule has 1 amide bonds. The van der Waals surface area contributed by atoms with Crippen molar-refractivity contribution in [3.63, 3.8) is 0 Å². The number of nitro benzene ring substituents is 1. The van der Waals surface area contributed by atoms with Gasteiger partial charge in [0, 0.05) is 23.7 Å². The van der Waals surface area contributed by atoms with Gasteiger partial charge in [-0.05, 0) is 36.6 Å². The number of carbonyl (C=O) groups is 1. The number of benzene rings is 2. The molecule has 0 aliphatic carbocycles. The number of nitrogens with zero attached hydrogens (tertiary/aromatic N) is 2. The van der Waals surface area contributed by atoms with Gasteiger partial charge in [-0.15, -0.1) is 0 Å². The van der Waals surface area contributed by atoms with Gasteiger partial charge in [-0.25, -0.2) is 4.39 Å². The molecule has 8 heteroatoms. The zero-order valence-electron chi connectivity index (χ0n) is 12.3. The largest absolute Gasteiger partial charge is 0.305 e. The highest BCUT2D eigenvalue weighted by molar-refractivity contribution is 6.35. The molecule has 3 rings (SSSR count). The normalized spacial score (nSPS) is 13.5. The second-order valence-corrected chi connectivity index (χ2v) is 6.22. The molecule has 0 spiro atoms. The van der Waals surface area contributed by atoms with E-state index in [1.54, 1.807) is 6.07 Å². The van der Waals surface area contributed by atoms with Crippen LogP contribution >= 0.6 is 23.2 Å². The molecule has 24 heavy (non-hydrogen) atoms. The molecule has 0 atom stereocenters. The molecule has 2 aromatic carbocycles. The number of nitro groups is 1. The number of carbonyl (C=O) groups excluding carboxylic acids is 1. The smallest absolute Gasteiger partial charge is 0.270 e. The van der Waals surface area contributed by atoms with Gasteiger partial charge in [-0.1, -0.05) is 23.2 Å². The zero-order chi connectivity index (χ0) is 17.4. The third-order valence-electron chi connectivity index (χ3n) is 3.84. The van der Waals surface area contributed by atoms with Crippen molar-refractivity contribution in [3.05, 3.63) is 67.4 Å². The molecule has 5 nitrogen and oxygen atoms in total. The summed E-state index contributed by atoms with van der Waals surface area (Å²) in [6.07, 6.45) is 1.27. The van der Waals surface area contributed by atoms with Crippen LogP contribution in [0.15, 0.2) is 30.3 Å². The summed E-state index contributed by atoms with van der Waals surface area (Å²) in [5, 5.41) is 11.0. The molecule has 0 radical (unpaired) electrons. The van der Waals surface area contributed by atoms with Gasteiger partial charge >= 0.3 is 0 Å². The van der Waals surface area contributed by atoms with Gasteiger partial charge in [0.1, 0.15) is 5.82 Å². The maximum atomic E-state index is 14.3. The Kier molecular flexibility index (Phi) is 4.43. The first kappa shape index (κ1) is 16.7. The van der Waals surface area contributed by atoms with Crippen LogP contribution < -0.4 is 4.90 Å². The quantitative estimate of drug-likeness (QED) is 0.573. The second kappa shape index (κ2) is 6.37. The van der Waals surface area contributed by atoms with E-state index in [2.05, 4.69) is 0 Å². The summed E-state index contributed by atoms with van der Waals surface area (Å²) >= 11 is 11.9. The Hall–Kier alpha value is -2.18. The fourth-order valence-corrected chi connectivity index (χ4v) is 3.27. The van der Waals surface area contributed by atoms with Crippen LogP contribution in [0.2, 0.25) is 10.0 Å². The van der Waals surface area contributed by atoms with E-state index in [1.807, 2.05) is 0 Å². The van der Waals surface area contributed by atoms with Gasteiger partial charge in [0.25, 0.3) is 11.6 Å². The van der Waals surface area contributed by atoms with Crippen molar-refractivity contribution in [2.75, 3.05) is 11.4 Å². The Morgan fingerprint density at radius 3 is 2.67 bits per heavy atom. The Bertz CT molecular complexity index is 857. The molecule has 0 bridgehead atoms. The number of amides is 1. The molecule has 0 unspecified atom stereocenters. The lowest BCUT2D eigenvalue weighted by Crippen LogP contribution is -2.36. The average molecular weight is 369 g/mol. The van der Waals surface area contributed by atoms with E-state index in [0.717, 1.165) is 12.1 Å². The maximum absolute atomic E-state index is 14.3. The van der Waals surface area contributed by atoms with Crippen molar-refractivity contribution in [1.29, 1.82) is 0 Å². The molecule has 0 aromatic heterocycles. The van der Waals surface area contributed by atoms with Crippen LogP contribution in [0.5, 0.6) is 0 Å². The van der Waals surface area contributed by atoms with Gasteiger partial charge in [-0.2, -0.15) is 0 Å². The van der Waals surface area contributed by atoms with Crippen molar-refractivity contribution >= 4 is 40.5 Å². The van der Waals surface area contributed by atoms with Crippen LogP contribution in [0.1, 0.15) is 22.3 Å². The summed E-state index contributed by atoms with van der Waals surface area (Å²) < 4.78 is 14.3. The standard InChI is InChI=1S/C16H11Cl2FN2O3/c17-10-6-9-2-1-5-20(15(9)14(19)7-10)16(22)12-4-3-11(21(23)24)8-13(12)18/h3-4,6-8H,1-2,5H2. The lowest BCUT2D eigenvalue weighted by Gasteiger charge is -2.30. The lowest BCUT2D eigenvalue weighted by atomic mass is 10.00. The molecule has 0 N–H and O–H groups in total. The number of fused-ring (bicyclic) bond motifs is 1. The van der Waals surface area contributed by atoms with Crippen LogP contribution in [-0.2, 0) is 6.42 Å². The Morgan fingerprint density at radius 1 is 1.25 bits per heavy atom.